The van der Waals surface area contributed by atoms with E-state index < -0.39 is 15.4 Å². The van der Waals surface area contributed by atoms with Gasteiger partial charge in [0.25, 0.3) is 0 Å². The number of pyridine rings is 1. The van der Waals surface area contributed by atoms with Crippen LogP contribution in [0.3, 0.4) is 0 Å². The number of aromatic nitrogens is 3. The van der Waals surface area contributed by atoms with E-state index in [1.165, 1.54) is 0 Å². The first kappa shape index (κ1) is 26.0. The molecule has 0 aromatic carbocycles. The van der Waals surface area contributed by atoms with Crippen molar-refractivity contribution >= 4 is 32.7 Å². The SMILES string of the molecule is CCOCc1nc2c(N)nc(C)cc2n1CCCCNS(=O)(=O)C[C@]12CC[C@H](CC1=O)CC2(C)C. The highest BCUT2D eigenvalue weighted by Crippen LogP contribution is 2.59. The summed E-state index contributed by atoms with van der Waals surface area (Å²) in [6.45, 7) is 9.92. The van der Waals surface area contributed by atoms with Crippen molar-refractivity contribution in [2.45, 2.75) is 79.4 Å². The Morgan fingerprint density at radius 3 is 2.74 bits per heavy atom. The van der Waals surface area contributed by atoms with Gasteiger partial charge < -0.3 is 15.0 Å². The number of fused-ring (bicyclic) bond motifs is 4. The lowest BCUT2D eigenvalue weighted by molar-refractivity contribution is -0.149. The quantitative estimate of drug-likeness (QED) is 0.448. The normalized spacial score (nSPS) is 23.9. The summed E-state index contributed by atoms with van der Waals surface area (Å²) in [7, 11) is -3.57. The number of nitrogens with two attached hydrogens (primary N) is 1. The third kappa shape index (κ3) is 5.11. The number of anilines is 1. The maximum Gasteiger partial charge on any atom is 0.212 e. The lowest BCUT2D eigenvalue weighted by atomic mass is 9.49. The van der Waals surface area contributed by atoms with Gasteiger partial charge in [0.15, 0.2) is 5.82 Å². The number of hydrogen-bond donors (Lipinski definition) is 2. The van der Waals surface area contributed by atoms with Crippen molar-refractivity contribution in [1.29, 1.82) is 0 Å². The fourth-order valence-electron chi connectivity index (χ4n) is 6.18. The minimum Gasteiger partial charge on any atom is -0.382 e. The Kier molecular flexibility index (Phi) is 7.28. The van der Waals surface area contributed by atoms with Crippen molar-refractivity contribution in [1.82, 2.24) is 19.3 Å². The zero-order chi connectivity index (χ0) is 25.4. The average molecular weight is 506 g/mol. The van der Waals surface area contributed by atoms with Gasteiger partial charge >= 0.3 is 0 Å². The van der Waals surface area contributed by atoms with Gasteiger partial charge in [-0.25, -0.2) is 23.1 Å². The number of imidazole rings is 1. The first-order chi connectivity index (χ1) is 16.5. The molecule has 0 saturated heterocycles. The zero-order valence-corrected chi connectivity index (χ0v) is 22.2. The summed E-state index contributed by atoms with van der Waals surface area (Å²) in [5.41, 5.74) is 7.45. The minimum atomic E-state index is -3.57. The van der Waals surface area contributed by atoms with E-state index in [-0.39, 0.29) is 17.0 Å². The Hall–Kier alpha value is -2.04. The molecule has 2 atom stereocenters. The smallest absolute Gasteiger partial charge is 0.212 e. The molecule has 10 heteroatoms. The van der Waals surface area contributed by atoms with Gasteiger partial charge in [0.2, 0.25) is 10.0 Å². The second-order valence-electron chi connectivity index (χ2n) is 10.9. The molecule has 3 aliphatic carbocycles. The van der Waals surface area contributed by atoms with E-state index in [1.54, 1.807) is 0 Å². The molecule has 0 spiro atoms. The molecule has 2 heterocycles. The third-order valence-electron chi connectivity index (χ3n) is 8.05. The molecule has 3 fully saturated rings. The Labute approximate surface area is 208 Å². The van der Waals surface area contributed by atoms with Gasteiger partial charge in [0, 0.05) is 37.2 Å². The van der Waals surface area contributed by atoms with Crippen LogP contribution in [0.2, 0.25) is 0 Å². The van der Waals surface area contributed by atoms with Gasteiger partial charge in [-0.3, -0.25) is 4.79 Å². The summed E-state index contributed by atoms with van der Waals surface area (Å²) < 4.78 is 36.5. The highest BCUT2D eigenvalue weighted by molar-refractivity contribution is 7.89. The number of nitrogens with one attached hydrogen (secondary N) is 1. The van der Waals surface area contributed by atoms with Gasteiger partial charge in [-0.2, -0.15) is 0 Å². The molecule has 3 aliphatic rings. The van der Waals surface area contributed by atoms with E-state index in [0.29, 0.717) is 62.8 Å². The van der Waals surface area contributed by atoms with Crippen LogP contribution in [0.25, 0.3) is 11.0 Å². The number of aryl methyl sites for hydroxylation is 2. The number of carbonyl (C=O) groups excluding carboxylic acids is 1. The van der Waals surface area contributed by atoms with Gasteiger partial charge in [0.1, 0.15) is 23.7 Å². The number of nitrogen functional groups attached to an aromatic ring is 1. The second kappa shape index (κ2) is 9.78. The van der Waals surface area contributed by atoms with Crippen LogP contribution >= 0.6 is 0 Å². The summed E-state index contributed by atoms with van der Waals surface area (Å²) >= 11 is 0. The Morgan fingerprint density at radius 1 is 1.29 bits per heavy atom. The van der Waals surface area contributed by atoms with Crippen molar-refractivity contribution in [3.8, 4) is 0 Å². The largest absolute Gasteiger partial charge is 0.382 e. The van der Waals surface area contributed by atoms with Crippen LogP contribution in [0.1, 0.15) is 70.8 Å². The lowest BCUT2D eigenvalue weighted by Gasteiger charge is -2.55. The summed E-state index contributed by atoms with van der Waals surface area (Å²) in [5.74, 6) is 1.63. The second-order valence-corrected chi connectivity index (χ2v) is 12.7. The topological polar surface area (TPSA) is 129 Å². The minimum absolute atomic E-state index is 0.102. The number of hydrogen-bond acceptors (Lipinski definition) is 7. The summed E-state index contributed by atoms with van der Waals surface area (Å²) in [6, 6.07) is 1.97. The average Bonchev–Trinajstić information content (AvgIpc) is 3.10. The van der Waals surface area contributed by atoms with E-state index in [0.717, 1.165) is 36.3 Å². The number of carbonyl (C=O) groups is 1. The molecule has 0 radical (unpaired) electrons. The predicted molar refractivity (Wildman–Crippen MR) is 136 cm³/mol. The van der Waals surface area contributed by atoms with Gasteiger partial charge in [-0.1, -0.05) is 13.8 Å². The van der Waals surface area contributed by atoms with E-state index in [4.69, 9.17) is 10.5 Å². The number of ether oxygens (including phenoxy) is 1. The van der Waals surface area contributed by atoms with Crippen molar-refractivity contribution in [3.05, 3.63) is 17.6 Å². The molecule has 2 aromatic rings. The molecular weight excluding hydrogens is 466 g/mol. The fraction of sp³-hybridized carbons (Fsp3) is 0.720. The number of ketones is 1. The van der Waals surface area contributed by atoms with Gasteiger partial charge in [-0.05, 0) is 63.4 Å². The van der Waals surface area contributed by atoms with Crippen LogP contribution in [0.4, 0.5) is 5.82 Å². The van der Waals surface area contributed by atoms with Crippen LogP contribution in [0, 0.1) is 23.7 Å². The molecule has 3 saturated carbocycles. The van der Waals surface area contributed by atoms with E-state index >= 15 is 0 Å². The number of rotatable bonds is 11. The summed E-state index contributed by atoms with van der Waals surface area (Å²) in [4.78, 5) is 21.9. The molecule has 3 N–H and O–H groups in total. The maximum absolute atomic E-state index is 13.0. The number of nitrogens with zero attached hydrogens (tertiary/aromatic N) is 3. The molecule has 194 valence electrons. The molecular formula is C25H39N5O4S. The molecule has 0 amide bonds. The molecule has 0 aliphatic heterocycles. The standard InChI is InChI=1S/C25H39N5O4S/c1-5-34-15-21-29-22-19(12-17(2)28-23(22)26)30(21)11-7-6-10-27-35(32,33)16-25-9-8-18(13-20(25)31)14-24(25,3)4/h12,18,27H,5-11,13-16H2,1-4H3,(H2,26,28)/t18-,25-/m1/s1. The van der Waals surface area contributed by atoms with Crippen molar-refractivity contribution < 1.29 is 17.9 Å². The highest BCUT2D eigenvalue weighted by atomic mass is 32.2. The molecule has 2 aromatic heterocycles. The van der Waals surface area contributed by atoms with Crippen LogP contribution < -0.4 is 10.5 Å². The fourth-order valence-corrected chi connectivity index (χ4v) is 8.08. The summed E-state index contributed by atoms with van der Waals surface area (Å²) in [5, 5.41) is 0. The van der Waals surface area contributed by atoms with E-state index in [2.05, 4.69) is 33.1 Å². The Balaban J connectivity index is 1.37. The number of Topliss-reactive ketones (excluding diaryl/α,β-unsaturated/α-hetero) is 1. The van der Waals surface area contributed by atoms with Gasteiger partial charge in [-0.15, -0.1) is 0 Å². The van der Waals surface area contributed by atoms with Crippen LogP contribution in [0.5, 0.6) is 0 Å². The Morgan fingerprint density at radius 2 is 2.06 bits per heavy atom. The molecule has 2 bridgehead atoms. The van der Waals surface area contributed by atoms with E-state index in [9.17, 15) is 13.2 Å². The highest BCUT2D eigenvalue weighted by Gasteiger charge is 2.59. The Bertz CT molecular complexity index is 1210. The van der Waals surface area contributed by atoms with E-state index in [1.807, 2.05) is 19.9 Å². The van der Waals surface area contributed by atoms with Gasteiger partial charge in [0.05, 0.1) is 11.3 Å². The van der Waals surface area contributed by atoms with Crippen LogP contribution in [-0.4, -0.2) is 47.6 Å². The molecule has 35 heavy (non-hydrogen) atoms. The predicted octanol–water partition coefficient (Wildman–Crippen LogP) is 3.34. The number of unbranched alkanes of at least 4 members (excludes halogenated alkanes) is 1. The van der Waals surface area contributed by atoms with Crippen molar-refractivity contribution in [3.63, 3.8) is 0 Å². The number of sulfonamides is 1. The van der Waals surface area contributed by atoms with Crippen LogP contribution in [-0.2, 0) is 32.7 Å². The lowest BCUT2D eigenvalue weighted by Crippen LogP contribution is -2.58. The molecule has 0 unspecified atom stereocenters. The van der Waals surface area contributed by atoms with Crippen molar-refractivity contribution in [2.24, 2.45) is 16.7 Å². The first-order valence-corrected chi connectivity index (χ1v) is 14.3. The maximum atomic E-state index is 13.0. The zero-order valence-electron chi connectivity index (χ0n) is 21.4. The molecule has 9 nitrogen and oxygen atoms in total. The van der Waals surface area contributed by atoms with Crippen LogP contribution in [0.15, 0.2) is 6.07 Å². The first-order valence-electron chi connectivity index (χ1n) is 12.7. The summed E-state index contributed by atoms with van der Waals surface area (Å²) in [6.07, 6.45) is 4.51. The molecule has 5 rings (SSSR count). The third-order valence-corrected chi connectivity index (χ3v) is 9.57. The van der Waals surface area contributed by atoms with Crippen molar-refractivity contribution in [2.75, 3.05) is 24.6 Å². The monoisotopic (exact) mass is 505 g/mol.